The second kappa shape index (κ2) is 6.04. The minimum absolute atomic E-state index is 0.329. The third kappa shape index (κ3) is 4.18. The second-order valence-electron chi connectivity index (χ2n) is 5.29. The van der Waals surface area contributed by atoms with Gasteiger partial charge in [-0.3, -0.25) is 4.79 Å². The lowest BCUT2D eigenvalue weighted by molar-refractivity contribution is -0.151. The van der Waals surface area contributed by atoms with Gasteiger partial charge in [-0.05, 0) is 33.6 Å². The quantitative estimate of drug-likeness (QED) is 0.653. The fourth-order valence-corrected chi connectivity index (χ4v) is 1.70. The average molecular weight is 260 g/mol. The summed E-state index contributed by atoms with van der Waals surface area (Å²) in [4.78, 5) is 22.9. The Kier molecular flexibility index (Phi) is 5.60. The number of carboxylic acids is 1. The maximum absolute atomic E-state index is 11.6. The highest BCUT2D eigenvalue weighted by Crippen LogP contribution is 2.29. The molecule has 0 heterocycles. The fourth-order valence-electron chi connectivity index (χ4n) is 1.70. The molecule has 0 unspecified atom stereocenters. The molecule has 0 aromatic rings. The van der Waals surface area contributed by atoms with Crippen LogP contribution in [0.2, 0.25) is 0 Å². The number of nitrogens with one attached hydrogen (secondary N) is 1. The molecule has 0 aliphatic heterocycles. The number of hydrogen-bond acceptors (Lipinski definition) is 4. The summed E-state index contributed by atoms with van der Waals surface area (Å²) >= 11 is 0. The summed E-state index contributed by atoms with van der Waals surface area (Å²) in [6.07, 6.45) is -1.03. The normalized spacial score (nSPS) is 13.9. The van der Waals surface area contributed by atoms with Crippen LogP contribution in [0.25, 0.3) is 0 Å². The lowest BCUT2D eigenvalue weighted by Gasteiger charge is -2.33. The van der Waals surface area contributed by atoms with E-state index in [4.69, 9.17) is 10.5 Å². The largest absolute Gasteiger partial charge is 0.481 e. The Hall–Kier alpha value is -1.30. The Labute approximate surface area is 108 Å². The Morgan fingerprint density at radius 3 is 2.00 bits per heavy atom. The van der Waals surface area contributed by atoms with E-state index in [1.165, 1.54) is 0 Å². The van der Waals surface area contributed by atoms with Gasteiger partial charge in [0.25, 0.3) is 0 Å². The molecule has 0 spiro atoms. The highest BCUT2D eigenvalue weighted by atomic mass is 16.6. The molecule has 4 N–H and O–H groups in total. The van der Waals surface area contributed by atoms with Gasteiger partial charge in [0.2, 0.25) is 0 Å². The monoisotopic (exact) mass is 260 g/mol. The molecule has 0 bridgehead atoms. The van der Waals surface area contributed by atoms with Crippen molar-refractivity contribution in [1.82, 2.24) is 5.32 Å². The number of ether oxygens (including phenoxy) is 1. The Morgan fingerprint density at radius 2 is 1.72 bits per heavy atom. The summed E-state index contributed by atoms with van der Waals surface area (Å²) in [5.41, 5.74) is 3.99. The van der Waals surface area contributed by atoms with Gasteiger partial charge in [-0.1, -0.05) is 13.8 Å². The molecular formula is C12H24N2O4. The summed E-state index contributed by atoms with van der Waals surface area (Å²) in [7, 11) is 0. The van der Waals surface area contributed by atoms with Crippen LogP contribution in [0.3, 0.4) is 0 Å². The van der Waals surface area contributed by atoms with Gasteiger partial charge in [0.05, 0.1) is 6.17 Å². The maximum Gasteiger partial charge on any atom is 0.408 e. The van der Waals surface area contributed by atoms with Crippen LogP contribution in [-0.2, 0) is 9.53 Å². The number of carbonyl (C=O) groups excluding carboxylic acids is 1. The molecule has 1 atom stereocenters. The lowest BCUT2D eigenvalue weighted by atomic mass is 9.79. The zero-order valence-electron chi connectivity index (χ0n) is 11.7. The van der Waals surface area contributed by atoms with Crippen molar-refractivity contribution in [2.45, 2.75) is 59.2 Å². The molecular weight excluding hydrogens is 236 g/mol. The first-order chi connectivity index (χ1) is 8.09. The van der Waals surface area contributed by atoms with Crippen molar-refractivity contribution in [3.8, 4) is 0 Å². The number of aliphatic carboxylic acids is 1. The summed E-state index contributed by atoms with van der Waals surface area (Å²) in [6, 6.07) is 0. The first-order valence-corrected chi connectivity index (χ1v) is 6.07. The van der Waals surface area contributed by atoms with E-state index in [0.29, 0.717) is 12.8 Å². The Balaban J connectivity index is 4.77. The average Bonchev–Trinajstić information content (AvgIpc) is 2.16. The van der Waals surface area contributed by atoms with Gasteiger partial charge in [-0.25, -0.2) is 4.79 Å². The third-order valence-corrected chi connectivity index (χ3v) is 2.96. The number of carboxylic acid groups (broad SMARTS) is 1. The first-order valence-electron chi connectivity index (χ1n) is 6.07. The fraction of sp³-hybridized carbons (Fsp3) is 0.833. The molecule has 0 saturated heterocycles. The number of rotatable bonds is 5. The number of hydrogen-bond donors (Lipinski definition) is 3. The number of alkyl carbamates (subject to hydrolysis) is 1. The molecule has 1 amide bonds. The topological polar surface area (TPSA) is 102 Å². The van der Waals surface area contributed by atoms with Crippen molar-refractivity contribution in [1.29, 1.82) is 0 Å². The van der Waals surface area contributed by atoms with Gasteiger partial charge in [0, 0.05) is 0 Å². The molecule has 0 radical (unpaired) electrons. The SMILES string of the molecule is CCC(CC)(C(=O)O)[C@@H](N)NC(=O)OC(C)(C)C. The van der Waals surface area contributed by atoms with Crippen LogP contribution in [0.15, 0.2) is 0 Å². The van der Waals surface area contributed by atoms with Crippen molar-refractivity contribution in [3.05, 3.63) is 0 Å². The molecule has 0 fully saturated rings. The second-order valence-corrected chi connectivity index (χ2v) is 5.29. The lowest BCUT2D eigenvalue weighted by Crippen LogP contribution is -2.57. The molecule has 6 heteroatoms. The van der Waals surface area contributed by atoms with E-state index in [1.807, 2.05) is 0 Å². The molecule has 0 aliphatic rings. The predicted octanol–water partition coefficient (Wildman–Crippen LogP) is 1.69. The summed E-state index contributed by atoms with van der Waals surface area (Å²) < 4.78 is 5.05. The van der Waals surface area contributed by atoms with Gasteiger partial charge in [-0.2, -0.15) is 0 Å². The van der Waals surface area contributed by atoms with Gasteiger partial charge in [0.15, 0.2) is 0 Å². The standard InChI is InChI=1S/C12H24N2O4/c1-6-12(7-2,9(15)16)8(13)14-10(17)18-11(3,4)5/h8H,6-7,13H2,1-5H3,(H,14,17)(H,15,16)/t8-/m0/s1. The van der Waals surface area contributed by atoms with Crippen LogP contribution >= 0.6 is 0 Å². The van der Waals surface area contributed by atoms with Crippen molar-refractivity contribution in [2.75, 3.05) is 0 Å². The van der Waals surface area contributed by atoms with Crippen LogP contribution in [0, 0.1) is 5.41 Å². The van der Waals surface area contributed by atoms with E-state index in [1.54, 1.807) is 34.6 Å². The minimum Gasteiger partial charge on any atom is -0.481 e. The molecule has 106 valence electrons. The smallest absolute Gasteiger partial charge is 0.408 e. The number of nitrogens with two attached hydrogens (primary N) is 1. The van der Waals surface area contributed by atoms with Gasteiger partial charge in [0.1, 0.15) is 11.0 Å². The van der Waals surface area contributed by atoms with Crippen molar-refractivity contribution >= 4 is 12.1 Å². The molecule has 18 heavy (non-hydrogen) atoms. The van der Waals surface area contributed by atoms with E-state index >= 15 is 0 Å². The Bertz CT molecular complexity index is 306. The highest BCUT2D eigenvalue weighted by molar-refractivity contribution is 5.77. The summed E-state index contributed by atoms with van der Waals surface area (Å²) in [5, 5.41) is 11.7. The van der Waals surface area contributed by atoms with Gasteiger partial charge >= 0.3 is 12.1 Å². The van der Waals surface area contributed by atoms with Crippen LogP contribution in [0.4, 0.5) is 4.79 Å². The zero-order chi connectivity index (χ0) is 14.6. The molecule has 0 saturated carbocycles. The molecule has 0 rings (SSSR count). The predicted molar refractivity (Wildman–Crippen MR) is 68.0 cm³/mol. The summed E-state index contributed by atoms with van der Waals surface area (Å²) in [5.74, 6) is -1.02. The van der Waals surface area contributed by atoms with Gasteiger partial charge in [-0.15, -0.1) is 0 Å². The first kappa shape index (κ1) is 16.7. The van der Waals surface area contributed by atoms with Crippen molar-refractivity contribution in [2.24, 2.45) is 11.1 Å². The number of carbonyl (C=O) groups is 2. The van der Waals surface area contributed by atoms with Crippen molar-refractivity contribution < 1.29 is 19.4 Å². The molecule has 0 aromatic heterocycles. The zero-order valence-corrected chi connectivity index (χ0v) is 11.7. The minimum atomic E-state index is -1.17. The molecule has 6 nitrogen and oxygen atoms in total. The van der Waals surface area contributed by atoms with Crippen LogP contribution in [0.1, 0.15) is 47.5 Å². The van der Waals surface area contributed by atoms with E-state index < -0.39 is 29.2 Å². The third-order valence-electron chi connectivity index (χ3n) is 2.96. The van der Waals surface area contributed by atoms with E-state index in [0.717, 1.165) is 0 Å². The highest BCUT2D eigenvalue weighted by Gasteiger charge is 2.42. The Morgan fingerprint density at radius 1 is 1.28 bits per heavy atom. The van der Waals surface area contributed by atoms with E-state index in [9.17, 15) is 14.7 Å². The van der Waals surface area contributed by atoms with Crippen molar-refractivity contribution in [3.63, 3.8) is 0 Å². The van der Waals surface area contributed by atoms with Gasteiger partial charge < -0.3 is 20.9 Å². The maximum atomic E-state index is 11.6. The van der Waals surface area contributed by atoms with E-state index in [2.05, 4.69) is 5.32 Å². The molecule has 0 aliphatic carbocycles. The summed E-state index contributed by atoms with van der Waals surface area (Å²) in [6.45, 7) is 8.63. The van der Waals surface area contributed by atoms with Crippen LogP contribution in [0.5, 0.6) is 0 Å². The number of amides is 1. The van der Waals surface area contributed by atoms with Crippen LogP contribution < -0.4 is 11.1 Å². The van der Waals surface area contributed by atoms with Crippen LogP contribution in [-0.4, -0.2) is 28.9 Å². The van der Waals surface area contributed by atoms with E-state index in [-0.39, 0.29) is 0 Å². The molecule has 0 aromatic carbocycles.